The summed E-state index contributed by atoms with van der Waals surface area (Å²) in [5.41, 5.74) is 0.309. The van der Waals surface area contributed by atoms with Crippen LogP contribution in [0.1, 0.15) is 20.8 Å². The van der Waals surface area contributed by atoms with Crippen molar-refractivity contribution in [2.24, 2.45) is 0 Å². The van der Waals surface area contributed by atoms with E-state index in [2.05, 4.69) is 22.6 Å². The van der Waals surface area contributed by atoms with Crippen molar-refractivity contribution in [1.29, 1.82) is 0 Å². The normalized spacial score (nSPS) is 26.2. The standard InChI is InChI=1S/C21H27FIN3O5/c1-21(2,3)31-20(28)25-6-7-29-18-12-24(11-17(18)25)16-5-4-13(8-15(16)22)26-10-14(9-23)30-19(26)27/h4-5,8,14,17-18H,6-7,9-12H2,1-3H3. The summed E-state index contributed by atoms with van der Waals surface area (Å²) < 4.78 is 32.4. The van der Waals surface area contributed by atoms with Gasteiger partial charge in [-0.05, 0) is 39.0 Å². The topological polar surface area (TPSA) is 71.6 Å². The van der Waals surface area contributed by atoms with Gasteiger partial charge in [-0.3, -0.25) is 9.80 Å². The van der Waals surface area contributed by atoms with E-state index in [1.54, 1.807) is 17.0 Å². The molecule has 0 radical (unpaired) electrons. The molecule has 3 heterocycles. The molecule has 10 heteroatoms. The third-order valence-corrected chi connectivity index (χ3v) is 6.54. The van der Waals surface area contributed by atoms with Crippen LogP contribution < -0.4 is 9.80 Å². The number of anilines is 2. The molecule has 0 saturated carbocycles. The molecule has 0 bridgehead atoms. The number of carbonyl (C=O) groups is 2. The minimum Gasteiger partial charge on any atom is -0.444 e. The molecule has 3 atom stereocenters. The summed E-state index contributed by atoms with van der Waals surface area (Å²) in [5.74, 6) is -0.425. The summed E-state index contributed by atoms with van der Waals surface area (Å²) in [6.07, 6.45) is -1.23. The maximum absolute atomic E-state index is 15.0. The molecule has 3 aliphatic rings. The van der Waals surface area contributed by atoms with Gasteiger partial charge in [-0.15, -0.1) is 0 Å². The highest BCUT2D eigenvalue weighted by Crippen LogP contribution is 2.33. The van der Waals surface area contributed by atoms with Crippen LogP contribution in [0.3, 0.4) is 0 Å². The van der Waals surface area contributed by atoms with Crippen LogP contribution in [0, 0.1) is 5.82 Å². The third kappa shape index (κ3) is 4.69. The number of amides is 2. The molecule has 1 aromatic carbocycles. The number of rotatable bonds is 3. The molecule has 4 rings (SSSR count). The van der Waals surface area contributed by atoms with Gasteiger partial charge in [-0.2, -0.15) is 0 Å². The number of hydrogen-bond acceptors (Lipinski definition) is 6. The second kappa shape index (κ2) is 8.61. The lowest BCUT2D eigenvalue weighted by Gasteiger charge is -2.37. The second-order valence-corrected chi connectivity index (χ2v) is 9.84. The third-order valence-electron chi connectivity index (χ3n) is 5.56. The molecule has 0 N–H and O–H groups in total. The minimum absolute atomic E-state index is 0.187. The van der Waals surface area contributed by atoms with E-state index in [1.165, 1.54) is 11.0 Å². The molecule has 170 valence electrons. The second-order valence-electron chi connectivity index (χ2n) is 8.96. The highest BCUT2D eigenvalue weighted by atomic mass is 127. The predicted octanol–water partition coefficient (Wildman–Crippen LogP) is 3.41. The molecule has 0 aliphatic carbocycles. The van der Waals surface area contributed by atoms with E-state index in [1.807, 2.05) is 25.7 Å². The molecule has 3 fully saturated rings. The van der Waals surface area contributed by atoms with E-state index in [4.69, 9.17) is 14.2 Å². The summed E-state index contributed by atoms with van der Waals surface area (Å²) in [6, 6.07) is 4.55. The Kier molecular flexibility index (Phi) is 6.21. The number of morpholine rings is 1. The zero-order valence-corrected chi connectivity index (χ0v) is 20.0. The fourth-order valence-electron chi connectivity index (χ4n) is 4.16. The molecule has 0 aromatic heterocycles. The number of alkyl halides is 1. The first kappa shape index (κ1) is 22.4. The number of cyclic esters (lactones) is 1. The van der Waals surface area contributed by atoms with Crippen molar-refractivity contribution in [3.05, 3.63) is 24.0 Å². The monoisotopic (exact) mass is 547 g/mol. The first-order chi connectivity index (χ1) is 14.7. The lowest BCUT2D eigenvalue weighted by Crippen LogP contribution is -2.54. The fourth-order valence-corrected chi connectivity index (χ4v) is 4.62. The van der Waals surface area contributed by atoms with Gasteiger partial charge >= 0.3 is 12.2 Å². The number of carbonyl (C=O) groups excluding carboxylic acids is 2. The van der Waals surface area contributed by atoms with Gasteiger partial charge in [0.15, 0.2) is 0 Å². The van der Waals surface area contributed by atoms with Gasteiger partial charge in [0.1, 0.15) is 17.5 Å². The van der Waals surface area contributed by atoms with Crippen molar-refractivity contribution in [3.8, 4) is 0 Å². The van der Waals surface area contributed by atoms with Gasteiger partial charge < -0.3 is 19.1 Å². The molecule has 2 amide bonds. The van der Waals surface area contributed by atoms with Crippen LogP contribution in [0.4, 0.5) is 25.4 Å². The number of halogens is 2. The van der Waals surface area contributed by atoms with E-state index in [-0.39, 0.29) is 24.3 Å². The Morgan fingerprint density at radius 1 is 1.29 bits per heavy atom. The Morgan fingerprint density at radius 3 is 2.71 bits per heavy atom. The van der Waals surface area contributed by atoms with Crippen molar-refractivity contribution >= 4 is 46.2 Å². The van der Waals surface area contributed by atoms with Crippen LogP contribution in [0.2, 0.25) is 0 Å². The SMILES string of the molecule is CC(C)(C)OC(=O)N1CCOC2CN(c3ccc(N4CC(CI)OC4=O)cc3F)CC21. The molecule has 1 aromatic rings. The zero-order chi connectivity index (χ0) is 22.3. The molecule has 3 saturated heterocycles. The maximum Gasteiger partial charge on any atom is 0.414 e. The maximum atomic E-state index is 15.0. The van der Waals surface area contributed by atoms with Crippen molar-refractivity contribution < 1.29 is 28.2 Å². The van der Waals surface area contributed by atoms with Crippen molar-refractivity contribution in [3.63, 3.8) is 0 Å². The minimum atomic E-state index is -0.585. The summed E-state index contributed by atoms with van der Waals surface area (Å²) in [5, 5.41) is 0. The summed E-state index contributed by atoms with van der Waals surface area (Å²) in [6.45, 7) is 7.70. The van der Waals surface area contributed by atoms with E-state index >= 15 is 4.39 Å². The molecule has 31 heavy (non-hydrogen) atoms. The zero-order valence-electron chi connectivity index (χ0n) is 17.8. The van der Waals surface area contributed by atoms with Crippen LogP contribution >= 0.6 is 22.6 Å². The Bertz CT molecular complexity index is 864. The largest absolute Gasteiger partial charge is 0.444 e. The van der Waals surface area contributed by atoms with E-state index in [9.17, 15) is 9.59 Å². The van der Waals surface area contributed by atoms with Gasteiger partial charge in [0, 0.05) is 24.1 Å². The number of ether oxygens (including phenoxy) is 3. The van der Waals surface area contributed by atoms with E-state index in [0.717, 1.165) is 0 Å². The van der Waals surface area contributed by atoms with Crippen molar-refractivity contribution in [2.75, 3.05) is 47.0 Å². The van der Waals surface area contributed by atoms with Gasteiger partial charge in [0.2, 0.25) is 0 Å². The smallest absolute Gasteiger partial charge is 0.414 e. The first-order valence-electron chi connectivity index (χ1n) is 10.4. The Morgan fingerprint density at radius 2 is 2.06 bits per heavy atom. The number of fused-ring (bicyclic) bond motifs is 1. The van der Waals surface area contributed by atoms with Crippen LogP contribution in [0.15, 0.2) is 18.2 Å². The molecule has 3 unspecified atom stereocenters. The van der Waals surface area contributed by atoms with Gasteiger partial charge in [0.25, 0.3) is 0 Å². The molecule has 0 spiro atoms. The van der Waals surface area contributed by atoms with E-state index in [0.29, 0.717) is 48.6 Å². The highest BCUT2D eigenvalue weighted by Gasteiger charge is 2.44. The summed E-state index contributed by atoms with van der Waals surface area (Å²) in [7, 11) is 0. The van der Waals surface area contributed by atoms with Gasteiger partial charge in [-0.1, -0.05) is 22.6 Å². The van der Waals surface area contributed by atoms with Gasteiger partial charge in [0.05, 0.1) is 36.7 Å². The average Bonchev–Trinajstić information content (AvgIpc) is 3.29. The van der Waals surface area contributed by atoms with E-state index < -0.39 is 17.5 Å². The van der Waals surface area contributed by atoms with Crippen LogP contribution in [0.5, 0.6) is 0 Å². The molecular weight excluding hydrogens is 520 g/mol. The number of hydrogen-bond donors (Lipinski definition) is 0. The average molecular weight is 547 g/mol. The van der Waals surface area contributed by atoms with Crippen molar-refractivity contribution in [1.82, 2.24) is 4.90 Å². The molecule has 3 aliphatic heterocycles. The highest BCUT2D eigenvalue weighted by molar-refractivity contribution is 14.1. The number of benzene rings is 1. The fraction of sp³-hybridized carbons (Fsp3) is 0.619. The number of nitrogens with zero attached hydrogens (tertiary/aromatic N) is 3. The summed E-state index contributed by atoms with van der Waals surface area (Å²) >= 11 is 2.16. The Labute approximate surface area is 194 Å². The van der Waals surface area contributed by atoms with Crippen molar-refractivity contribution in [2.45, 2.75) is 44.6 Å². The predicted molar refractivity (Wildman–Crippen MR) is 122 cm³/mol. The molecular formula is C21H27FIN3O5. The van der Waals surface area contributed by atoms with Gasteiger partial charge in [-0.25, -0.2) is 14.0 Å². The summed E-state index contributed by atoms with van der Waals surface area (Å²) in [4.78, 5) is 29.7. The van der Waals surface area contributed by atoms with Crippen LogP contribution in [-0.4, -0.2) is 78.2 Å². The quantitative estimate of drug-likeness (QED) is 0.427. The first-order valence-corrected chi connectivity index (χ1v) is 11.9. The lowest BCUT2D eigenvalue weighted by atomic mass is 10.1. The molecule has 8 nitrogen and oxygen atoms in total. The van der Waals surface area contributed by atoms with Crippen LogP contribution in [-0.2, 0) is 14.2 Å². The Balaban J connectivity index is 1.48. The Hall–Kier alpha value is -1.82. The lowest BCUT2D eigenvalue weighted by molar-refractivity contribution is -0.0567. The van der Waals surface area contributed by atoms with Crippen LogP contribution in [0.25, 0.3) is 0 Å².